The summed E-state index contributed by atoms with van der Waals surface area (Å²) in [6, 6.07) is 5.37. The Labute approximate surface area is 88.6 Å². The molecule has 0 bridgehead atoms. The maximum absolute atomic E-state index is 11.6. The fraction of sp³-hybridized carbons (Fsp3) is 0.364. The summed E-state index contributed by atoms with van der Waals surface area (Å²) in [6.45, 7) is 2.87. The lowest BCUT2D eigenvalue weighted by molar-refractivity contribution is -0.121. The van der Waals surface area contributed by atoms with Crippen LogP contribution < -0.4 is 15.4 Å². The van der Waals surface area contributed by atoms with E-state index in [4.69, 9.17) is 10.5 Å². The van der Waals surface area contributed by atoms with Crippen LogP contribution in [0.2, 0.25) is 0 Å². The van der Waals surface area contributed by atoms with Crippen molar-refractivity contribution in [3.05, 3.63) is 18.2 Å². The third-order valence-electron chi connectivity index (χ3n) is 2.37. The molecule has 2 N–H and O–H groups in total. The lowest BCUT2D eigenvalue weighted by Gasteiger charge is -2.29. The number of nitrogen functional groups attached to an aromatic ring is 1. The van der Waals surface area contributed by atoms with Crippen molar-refractivity contribution in [1.29, 1.82) is 0 Å². The predicted molar refractivity (Wildman–Crippen MR) is 59.0 cm³/mol. The van der Waals surface area contributed by atoms with Gasteiger partial charge in [-0.3, -0.25) is 4.79 Å². The highest BCUT2D eigenvalue weighted by atomic mass is 16.5. The third kappa shape index (κ3) is 1.75. The fourth-order valence-electron chi connectivity index (χ4n) is 1.69. The van der Waals surface area contributed by atoms with Crippen molar-refractivity contribution in [1.82, 2.24) is 0 Å². The second-order valence-electron chi connectivity index (χ2n) is 3.56. The molecular weight excluding hydrogens is 192 g/mol. The van der Waals surface area contributed by atoms with Gasteiger partial charge in [0.05, 0.1) is 5.69 Å². The minimum Gasteiger partial charge on any atom is -0.481 e. The van der Waals surface area contributed by atoms with E-state index in [0.717, 1.165) is 18.7 Å². The highest BCUT2D eigenvalue weighted by molar-refractivity contribution is 5.98. The van der Waals surface area contributed by atoms with Crippen molar-refractivity contribution in [3.63, 3.8) is 0 Å². The molecule has 0 saturated carbocycles. The van der Waals surface area contributed by atoms with Crippen LogP contribution in [0.15, 0.2) is 18.2 Å². The molecule has 0 aliphatic carbocycles. The monoisotopic (exact) mass is 206 g/mol. The first-order valence-corrected chi connectivity index (χ1v) is 5.05. The van der Waals surface area contributed by atoms with Gasteiger partial charge in [0.2, 0.25) is 0 Å². The highest BCUT2D eigenvalue weighted by Gasteiger charge is 2.24. The largest absolute Gasteiger partial charge is 0.481 e. The Bertz CT molecular complexity index is 390. The predicted octanol–water partition coefficient (Wildman–Crippen LogP) is 1.40. The van der Waals surface area contributed by atoms with Crippen molar-refractivity contribution >= 4 is 17.3 Å². The van der Waals surface area contributed by atoms with E-state index in [0.29, 0.717) is 11.4 Å². The number of carbonyl (C=O) groups excluding carboxylic acids is 1. The number of nitrogens with zero attached hydrogens (tertiary/aromatic N) is 1. The normalized spacial score (nSPS) is 14.7. The summed E-state index contributed by atoms with van der Waals surface area (Å²) < 4.78 is 5.32. The molecule has 0 atom stereocenters. The van der Waals surface area contributed by atoms with Crippen LogP contribution in [0.3, 0.4) is 0 Å². The summed E-state index contributed by atoms with van der Waals surface area (Å²) >= 11 is 0. The van der Waals surface area contributed by atoms with E-state index in [2.05, 4.69) is 0 Å². The lowest BCUT2D eigenvalue weighted by atomic mass is 10.2. The minimum atomic E-state index is 0.00845. The van der Waals surface area contributed by atoms with Crippen molar-refractivity contribution in [2.45, 2.75) is 13.3 Å². The summed E-state index contributed by atoms with van der Waals surface area (Å²) in [6.07, 6.45) is 0.926. The Morgan fingerprint density at radius 3 is 3.07 bits per heavy atom. The van der Waals surface area contributed by atoms with Gasteiger partial charge in [0.15, 0.2) is 6.61 Å². The maximum atomic E-state index is 11.6. The standard InChI is InChI=1S/C11H14N2O2/c1-2-5-13-9-4-3-8(12)6-10(9)15-7-11(13)14/h3-4,6H,2,5,7,12H2,1H3. The summed E-state index contributed by atoms with van der Waals surface area (Å²) in [5.74, 6) is 0.706. The molecule has 15 heavy (non-hydrogen) atoms. The van der Waals surface area contributed by atoms with E-state index in [1.165, 1.54) is 0 Å². The molecule has 2 rings (SSSR count). The number of hydrogen-bond donors (Lipinski definition) is 1. The summed E-state index contributed by atoms with van der Waals surface area (Å²) in [7, 11) is 0. The molecule has 0 saturated heterocycles. The number of amides is 1. The molecule has 1 aliphatic heterocycles. The number of ether oxygens (including phenoxy) is 1. The van der Waals surface area contributed by atoms with Gasteiger partial charge in [-0.25, -0.2) is 0 Å². The Morgan fingerprint density at radius 2 is 2.33 bits per heavy atom. The smallest absolute Gasteiger partial charge is 0.265 e. The zero-order valence-corrected chi connectivity index (χ0v) is 8.69. The van der Waals surface area contributed by atoms with Gasteiger partial charge in [-0.05, 0) is 18.6 Å². The Hall–Kier alpha value is -1.71. The van der Waals surface area contributed by atoms with Crippen LogP contribution >= 0.6 is 0 Å². The van der Waals surface area contributed by atoms with Gasteiger partial charge in [0.1, 0.15) is 5.75 Å². The minimum absolute atomic E-state index is 0.00845. The van der Waals surface area contributed by atoms with Crippen LogP contribution in [-0.2, 0) is 4.79 Å². The van der Waals surface area contributed by atoms with Gasteiger partial charge < -0.3 is 15.4 Å². The van der Waals surface area contributed by atoms with Crippen LogP contribution in [0.25, 0.3) is 0 Å². The van der Waals surface area contributed by atoms with E-state index >= 15 is 0 Å². The van der Waals surface area contributed by atoms with Gasteiger partial charge in [-0.2, -0.15) is 0 Å². The van der Waals surface area contributed by atoms with Crippen molar-refractivity contribution in [2.75, 3.05) is 23.8 Å². The van der Waals surface area contributed by atoms with Crippen molar-refractivity contribution < 1.29 is 9.53 Å². The molecule has 0 spiro atoms. The molecule has 1 aromatic rings. The number of anilines is 2. The SMILES string of the molecule is CCCN1C(=O)COc2cc(N)ccc21. The van der Waals surface area contributed by atoms with E-state index in [9.17, 15) is 4.79 Å². The summed E-state index contributed by atoms with van der Waals surface area (Å²) in [5, 5.41) is 0. The average molecular weight is 206 g/mol. The molecule has 0 radical (unpaired) electrons. The highest BCUT2D eigenvalue weighted by Crippen LogP contribution is 2.33. The topological polar surface area (TPSA) is 55.6 Å². The molecule has 1 aliphatic rings. The van der Waals surface area contributed by atoms with Crippen LogP contribution in [0.1, 0.15) is 13.3 Å². The Kier molecular flexibility index (Phi) is 2.49. The first-order chi connectivity index (χ1) is 7.22. The first-order valence-electron chi connectivity index (χ1n) is 5.05. The molecule has 80 valence electrons. The second kappa shape index (κ2) is 3.81. The molecule has 1 aromatic carbocycles. The fourth-order valence-corrected chi connectivity index (χ4v) is 1.69. The van der Waals surface area contributed by atoms with E-state index in [1.807, 2.05) is 13.0 Å². The van der Waals surface area contributed by atoms with Crippen LogP contribution in [0, 0.1) is 0 Å². The van der Waals surface area contributed by atoms with Crippen molar-refractivity contribution in [3.8, 4) is 5.75 Å². The molecule has 1 amide bonds. The lowest BCUT2D eigenvalue weighted by Crippen LogP contribution is -2.39. The Balaban J connectivity index is 2.39. The van der Waals surface area contributed by atoms with Crippen LogP contribution in [0.4, 0.5) is 11.4 Å². The molecule has 4 nitrogen and oxygen atoms in total. The van der Waals surface area contributed by atoms with Crippen LogP contribution in [0.5, 0.6) is 5.75 Å². The number of benzene rings is 1. The quantitative estimate of drug-likeness (QED) is 0.744. The molecule has 0 unspecified atom stereocenters. The molecular formula is C11H14N2O2. The van der Waals surface area contributed by atoms with Gasteiger partial charge in [0, 0.05) is 18.3 Å². The summed E-state index contributed by atoms with van der Waals surface area (Å²) in [5.41, 5.74) is 7.13. The van der Waals surface area contributed by atoms with E-state index in [1.54, 1.807) is 17.0 Å². The van der Waals surface area contributed by atoms with Crippen molar-refractivity contribution in [2.24, 2.45) is 0 Å². The summed E-state index contributed by atoms with van der Waals surface area (Å²) in [4.78, 5) is 13.3. The number of nitrogens with two attached hydrogens (primary N) is 1. The molecule has 0 fully saturated rings. The third-order valence-corrected chi connectivity index (χ3v) is 2.37. The zero-order valence-electron chi connectivity index (χ0n) is 8.69. The first kappa shape index (κ1) is 9.83. The molecule has 0 aromatic heterocycles. The van der Waals surface area contributed by atoms with Gasteiger partial charge in [0.25, 0.3) is 5.91 Å². The maximum Gasteiger partial charge on any atom is 0.265 e. The number of carbonyl (C=O) groups is 1. The van der Waals surface area contributed by atoms with Gasteiger partial charge in [-0.15, -0.1) is 0 Å². The Morgan fingerprint density at radius 1 is 1.53 bits per heavy atom. The second-order valence-corrected chi connectivity index (χ2v) is 3.56. The molecule has 1 heterocycles. The van der Waals surface area contributed by atoms with Crippen LogP contribution in [-0.4, -0.2) is 19.1 Å². The number of rotatable bonds is 2. The van der Waals surface area contributed by atoms with E-state index in [-0.39, 0.29) is 12.5 Å². The zero-order chi connectivity index (χ0) is 10.8. The van der Waals surface area contributed by atoms with E-state index < -0.39 is 0 Å². The number of fused-ring (bicyclic) bond motifs is 1. The van der Waals surface area contributed by atoms with Gasteiger partial charge >= 0.3 is 0 Å². The average Bonchev–Trinajstić information content (AvgIpc) is 2.22. The number of hydrogen-bond acceptors (Lipinski definition) is 3. The van der Waals surface area contributed by atoms with Gasteiger partial charge in [-0.1, -0.05) is 6.92 Å². The molecule has 4 heteroatoms.